The van der Waals surface area contributed by atoms with Gasteiger partial charge < -0.3 is 0 Å². The first kappa shape index (κ1) is 18.6. The molecule has 1 saturated heterocycles. The normalized spacial score (nSPS) is 17.6. The van der Waals surface area contributed by atoms with E-state index in [-0.39, 0.29) is 18.2 Å². The Morgan fingerprint density at radius 1 is 1.04 bits per heavy atom. The lowest BCUT2D eigenvalue weighted by Gasteiger charge is -2.18. The first-order valence-corrected chi connectivity index (χ1v) is 9.82. The van der Waals surface area contributed by atoms with Crippen LogP contribution in [0, 0.1) is 0 Å². The number of carbonyl (C=O) groups is 3. The average Bonchev–Trinajstić information content (AvgIpc) is 2.91. The van der Waals surface area contributed by atoms with Crippen molar-refractivity contribution in [2.75, 3.05) is 6.54 Å². The summed E-state index contributed by atoms with van der Waals surface area (Å²) in [5.41, 5.74) is 2.51. The molecule has 28 heavy (non-hydrogen) atoms. The number of hydrogen-bond donors (Lipinski definition) is 0. The Balaban J connectivity index is 1.51. The molecule has 1 aliphatic heterocycles. The van der Waals surface area contributed by atoms with Crippen LogP contribution in [0.15, 0.2) is 42.0 Å². The fraction of sp³-hybridized carbons (Fsp3) is 0.333. The number of hydrogen-bond acceptors (Lipinski definition) is 4. The average molecular weight is 398 g/mol. The van der Waals surface area contributed by atoms with Crippen LogP contribution in [0.1, 0.15) is 37.7 Å². The molecule has 4 amide bonds. The predicted molar refractivity (Wildman–Crippen MR) is 106 cm³/mol. The van der Waals surface area contributed by atoms with E-state index in [0.717, 1.165) is 40.0 Å². The quantitative estimate of drug-likeness (QED) is 0.330. The van der Waals surface area contributed by atoms with Crippen molar-refractivity contribution in [1.82, 2.24) is 14.8 Å². The molecule has 4 rings (SSSR count). The zero-order valence-corrected chi connectivity index (χ0v) is 16.1. The second-order valence-corrected chi connectivity index (χ2v) is 7.48. The molecule has 1 fully saturated rings. The Labute approximate surface area is 167 Å². The topological polar surface area (TPSA) is 70.6 Å². The van der Waals surface area contributed by atoms with Crippen molar-refractivity contribution in [3.05, 3.63) is 52.7 Å². The maximum Gasteiger partial charge on any atom is 0.334 e. The van der Waals surface area contributed by atoms with Gasteiger partial charge in [-0.05, 0) is 44.2 Å². The van der Waals surface area contributed by atoms with Crippen molar-refractivity contribution in [3.63, 3.8) is 0 Å². The second-order valence-electron chi connectivity index (χ2n) is 7.12. The standard InChI is InChI=1S/C21H20ClN3O3/c22-18-16(12-15-8-4-5-9-17(15)23-18)13-25-20(27)19(26)24(21(25)28)11-10-14-6-2-1-3-7-14/h4-6,8-9,12H,1-3,7,10-11,13H2. The Morgan fingerprint density at radius 3 is 2.61 bits per heavy atom. The lowest BCUT2D eigenvalue weighted by molar-refractivity contribution is -0.143. The third-order valence-electron chi connectivity index (χ3n) is 5.26. The number of benzene rings is 1. The summed E-state index contributed by atoms with van der Waals surface area (Å²) in [5, 5.41) is 1.07. The molecule has 7 heteroatoms. The Morgan fingerprint density at radius 2 is 1.82 bits per heavy atom. The van der Waals surface area contributed by atoms with E-state index in [9.17, 15) is 14.4 Å². The first-order chi connectivity index (χ1) is 13.5. The third-order valence-corrected chi connectivity index (χ3v) is 5.58. The maximum atomic E-state index is 12.7. The number of para-hydroxylation sites is 1. The van der Waals surface area contributed by atoms with Crippen molar-refractivity contribution in [2.45, 2.75) is 38.6 Å². The lowest BCUT2D eigenvalue weighted by atomic mass is 9.97. The number of imide groups is 2. The fourth-order valence-electron chi connectivity index (χ4n) is 3.69. The molecule has 2 aliphatic rings. The number of pyridine rings is 1. The minimum atomic E-state index is -0.813. The molecule has 0 atom stereocenters. The molecule has 0 saturated carbocycles. The van der Waals surface area contributed by atoms with E-state index < -0.39 is 17.8 Å². The highest BCUT2D eigenvalue weighted by atomic mass is 35.5. The van der Waals surface area contributed by atoms with E-state index in [1.807, 2.05) is 24.3 Å². The van der Waals surface area contributed by atoms with Crippen LogP contribution in [0.25, 0.3) is 10.9 Å². The van der Waals surface area contributed by atoms with Crippen molar-refractivity contribution >= 4 is 40.3 Å². The summed E-state index contributed by atoms with van der Waals surface area (Å²) in [6.07, 6.45) is 7.14. The second kappa shape index (κ2) is 7.72. The van der Waals surface area contributed by atoms with Gasteiger partial charge in [-0.3, -0.25) is 19.4 Å². The minimum Gasteiger partial charge on any atom is -0.263 e. The summed E-state index contributed by atoms with van der Waals surface area (Å²) in [6, 6.07) is 8.66. The van der Waals surface area contributed by atoms with Crippen LogP contribution in [0.3, 0.4) is 0 Å². The van der Waals surface area contributed by atoms with E-state index in [2.05, 4.69) is 11.1 Å². The number of carbonyl (C=O) groups excluding carboxylic acids is 3. The van der Waals surface area contributed by atoms with E-state index >= 15 is 0 Å². The van der Waals surface area contributed by atoms with Crippen molar-refractivity contribution < 1.29 is 14.4 Å². The molecule has 2 heterocycles. The van der Waals surface area contributed by atoms with Gasteiger partial charge in [0.25, 0.3) is 0 Å². The summed E-state index contributed by atoms with van der Waals surface area (Å²) < 4.78 is 0. The van der Waals surface area contributed by atoms with E-state index in [1.54, 1.807) is 6.07 Å². The first-order valence-electron chi connectivity index (χ1n) is 9.44. The molecule has 6 nitrogen and oxygen atoms in total. The smallest absolute Gasteiger partial charge is 0.263 e. The summed E-state index contributed by atoms with van der Waals surface area (Å²) in [6.45, 7) is 0.161. The van der Waals surface area contributed by atoms with Crippen LogP contribution in [-0.4, -0.2) is 39.2 Å². The fourth-order valence-corrected chi connectivity index (χ4v) is 3.90. The van der Waals surface area contributed by atoms with Gasteiger partial charge in [-0.2, -0.15) is 0 Å². The highest BCUT2D eigenvalue weighted by Crippen LogP contribution is 2.25. The molecule has 0 N–H and O–H groups in total. The minimum absolute atomic E-state index is 0.0702. The van der Waals surface area contributed by atoms with Gasteiger partial charge in [0.05, 0.1) is 12.1 Å². The van der Waals surface area contributed by atoms with Crippen LogP contribution < -0.4 is 0 Å². The molecule has 0 unspecified atom stereocenters. The van der Waals surface area contributed by atoms with Crippen LogP contribution in [0.4, 0.5) is 4.79 Å². The zero-order valence-electron chi connectivity index (χ0n) is 15.4. The SMILES string of the molecule is O=C1C(=O)N(Cc2cc3ccccc3nc2Cl)C(=O)N1CCC1=CCCCC1. The highest BCUT2D eigenvalue weighted by Gasteiger charge is 2.44. The number of fused-ring (bicyclic) bond motifs is 1. The summed E-state index contributed by atoms with van der Waals surface area (Å²) in [4.78, 5) is 43.7. The van der Waals surface area contributed by atoms with Crippen molar-refractivity contribution in [2.24, 2.45) is 0 Å². The highest BCUT2D eigenvalue weighted by molar-refractivity contribution is 6.44. The molecule has 1 aliphatic carbocycles. The monoisotopic (exact) mass is 397 g/mol. The molecule has 144 valence electrons. The van der Waals surface area contributed by atoms with Crippen LogP contribution >= 0.6 is 11.6 Å². The van der Waals surface area contributed by atoms with Crippen molar-refractivity contribution in [1.29, 1.82) is 0 Å². The molecule has 0 radical (unpaired) electrons. The molecular weight excluding hydrogens is 378 g/mol. The Kier molecular flexibility index (Phi) is 5.13. The molecular formula is C21H20ClN3O3. The van der Waals surface area contributed by atoms with Gasteiger partial charge >= 0.3 is 17.8 Å². The van der Waals surface area contributed by atoms with Gasteiger partial charge in [0.1, 0.15) is 5.15 Å². The van der Waals surface area contributed by atoms with Gasteiger partial charge in [0.15, 0.2) is 0 Å². The Bertz CT molecular complexity index is 1000. The lowest BCUT2D eigenvalue weighted by Crippen LogP contribution is -2.34. The number of aromatic nitrogens is 1. The molecule has 0 spiro atoms. The summed E-state index contributed by atoms with van der Waals surface area (Å²) in [5.74, 6) is -1.59. The van der Waals surface area contributed by atoms with Crippen LogP contribution in [-0.2, 0) is 16.1 Å². The number of rotatable bonds is 5. The molecule has 1 aromatic carbocycles. The molecule has 2 aromatic rings. The number of urea groups is 1. The van der Waals surface area contributed by atoms with Gasteiger partial charge in [-0.25, -0.2) is 9.78 Å². The number of allylic oxidation sites excluding steroid dienone is 1. The number of nitrogens with zero attached hydrogens (tertiary/aromatic N) is 3. The largest absolute Gasteiger partial charge is 0.334 e. The Hall–Kier alpha value is -2.73. The van der Waals surface area contributed by atoms with E-state index in [0.29, 0.717) is 12.0 Å². The maximum absolute atomic E-state index is 12.7. The van der Waals surface area contributed by atoms with Gasteiger partial charge in [0.2, 0.25) is 0 Å². The number of halogens is 1. The molecule has 0 bridgehead atoms. The van der Waals surface area contributed by atoms with Crippen molar-refractivity contribution in [3.8, 4) is 0 Å². The van der Waals surface area contributed by atoms with E-state index in [4.69, 9.17) is 11.6 Å². The zero-order chi connectivity index (χ0) is 19.7. The van der Waals surface area contributed by atoms with Crippen LogP contribution in [0.2, 0.25) is 5.15 Å². The van der Waals surface area contributed by atoms with Gasteiger partial charge in [-0.15, -0.1) is 0 Å². The van der Waals surface area contributed by atoms with E-state index in [1.165, 1.54) is 12.0 Å². The van der Waals surface area contributed by atoms with Gasteiger partial charge in [-0.1, -0.05) is 41.4 Å². The summed E-state index contributed by atoms with van der Waals surface area (Å²) in [7, 11) is 0. The third kappa shape index (κ3) is 3.52. The summed E-state index contributed by atoms with van der Waals surface area (Å²) >= 11 is 6.25. The molecule has 1 aromatic heterocycles. The van der Waals surface area contributed by atoms with Crippen LogP contribution in [0.5, 0.6) is 0 Å². The number of amides is 4. The van der Waals surface area contributed by atoms with Gasteiger partial charge in [0, 0.05) is 17.5 Å². The predicted octanol–water partition coefficient (Wildman–Crippen LogP) is 4.07.